The molecule has 0 heterocycles. The van der Waals surface area contributed by atoms with Gasteiger partial charge in [-0.2, -0.15) is 0 Å². The Morgan fingerprint density at radius 2 is 1.85 bits per heavy atom. The average Bonchev–Trinajstić information content (AvgIpc) is 2.37. The lowest BCUT2D eigenvalue weighted by Gasteiger charge is -2.31. The van der Waals surface area contributed by atoms with E-state index in [0.717, 1.165) is 18.8 Å². The Morgan fingerprint density at radius 3 is 2.40 bits per heavy atom. The predicted molar refractivity (Wildman–Crippen MR) is 90.5 cm³/mol. The summed E-state index contributed by atoms with van der Waals surface area (Å²) in [5.41, 5.74) is 10.2. The number of hydrogen-bond acceptors (Lipinski definition) is 2. The molecule has 2 N–H and O–H groups in total. The number of benzene rings is 1. The van der Waals surface area contributed by atoms with Crippen LogP contribution in [0.3, 0.4) is 0 Å². The summed E-state index contributed by atoms with van der Waals surface area (Å²) in [6.07, 6.45) is 3.20. The van der Waals surface area contributed by atoms with E-state index in [9.17, 15) is 0 Å². The summed E-state index contributed by atoms with van der Waals surface area (Å²) in [6.45, 7) is 11.2. The second kappa shape index (κ2) is 7.68. The van der Waals surface area contributed by atoms with Crippen LogP contribution in [-0.4, -0.2) is 19.1 Å². The first kappa shape index (κ1) is 17.0. The Hall–Kier alpha value is -1.02. The van der Waals surface area contributed by atoms with Gasteiger partial charge in [-0.3, -0.25) is 0 Å². The van der Waals surface area contributed by atoms with Crippen molar-refractivity contribution in [2.24, 2.45) is 11.7 Å². The quantitative estimate of drug-likeness (QED) is 0.811. The van der Waals surface area contributed by atoms with Gasteiger partial charge in [0.2, 0.25) is 0 Å². The molecule has 1 aromatic rings. The van der Waals surface area contributed by atoms with Crippen molar-refractivity contribution in [2.75, 3.05) is 11.9 Å². The molecule has 2 nitrogen and oxygen atoms in total. The summed E-state index contributed by atoms with van der Waals surface area (Å²) < 4.78 is 0. The van der Waals surface area contributed by atoms with Crippen molar-refractivity contribution < 1.29 is 0 Å². The normalized spacial score (nSPS) is 14.4. The van der Waals surface area contributed by atoms with Crippen molar-refractivity contribution in [3.05, 3.63) is 29.3 Å². The number of aryl methyl sites for hydroxylation is 1. The van der Waals surface area contributed by atoms with E-state index in [4.69, 9.17) is 5.73 Å². The average molecular weight is 276 g/mol. The summed E-state index contributed by atoms with van der Waals surface area (Å²) in [5.74, 6) is 0.722. The van der Waals surface area contributed by atoms with Crippen LogP contribution in [0.5, 0.6) is 0 Å². The van der Waals surface area contributed by atoms with Crippen molar-refractivity contribution in [1.29, 1.82) is 0 Å². The highest BCUT2D eigenvalue weighted by Gasteiger charge is 2.16. The number of nitrogens with zero attached hydrogens (tertiary/aromatic N) is 1. The van der Waals surface area contributed by atoms with Gasteiger partial charge in [-0.05, 0) is 50.7 Å². The molecule has 0 aliphatic carbocycles. The van der Waals surface area contributed by atoms with E-state index in [2.05, 4.69) is 64.8 Å². The smallest absolute Gasteiger partial charge is 0.0399 e. The van der Waals surface area contributed by atoms with Gasteiger partial charge in [0.15, 0.2) is 0 Å². The molecule has 0 saturated carbocycles. The van der Waals surface area contributed by atoms with E-state index in [1.54, 1.807) is 0 Å². The van der Waals surface area contributed by atoms with Gasteiger partial charge in [-0.15, -0.1) is 0 Å². The lowest BCUT2D eigenvalue weighted by atomic mass is 9.98. The van der Waals surface area contributed by atoms with Crippen LogP contribution < -0.4 is 10.6 Å². The lowest BCUT2D eigenvalue weighted by molar-refractivity contribution is 0.503. The van der Waals surface area contributed by atoms with Crippen LogP contribution in [0.4, 0.5) is 5.69 Å². The summed E-state index contributed by atoms with van der Waals surface area (Å²) >= 11 is 0. The molecule has 0 fully saturated rings. The molecule has 0 saturated heterocycles. The van der Waals surface area contributed by atoms with Crippen molar-refractivity contribution in [3.63, 3.8) is 0 Å². The Kier molecular flexibility index (Phi) is 6.54. The maximum Gasteiger partial charge on any atom is 0.0399 e. The van der Waals surface area contributed by atoms with Crippen LogP contribution in [-0.2, 0) is 6.42 Å². The van der Waals surface area contributed by atoms with Gasteiger partial charge in [0.05, 0.1) is 0 Å². The Balaban J connectivity index is 2.97. The fourth-order valence-corrected chi connectivity index (χ4v) is 2.73. The number of hydrogen-bond donors (Lipinski definition) is 1. The third kappa shape index (κ3) is 4.82. The van der Waals surface area contributed by atoms with Crippen molar-refractivity contribution >= 4 is 5.69 Å². The van der Waals surface area contributed by atoms with E-state index in [1.165, 1.54) is 23.2 Å². The molecule has 20 heavy (non-hydrogen) atoms. The minimum atomic E-state index is 0.254. The van der Waals surface area contributed by atoms with Gasteiger partial charge >= 0.3 is 0 Å². The topological polar surface area (TPSA) is 29.3 Å². The summed E-state index contributed by atoms with van der Waals surface area (Å²) in [7, 11) is 2.21. The summed E-state index contributed by atoms with van der Waals surface area (Å²) in [6, 6.07) is 7.56. The molecule has 2 unspecified atom stereocenters. The Morgan fingerprint density at radius 1 is 1.20 bits per heavy atom. The molecule has 0 aromatic heterocycles. The molecule has 1 rings (SSSR count). The molecule has 0 radical (unpaired) electrons. The van der Waals surface area contributed by atoms with Crippen molar-refractivity contribution in [3.8, 4) is 0 Å². The second-order valence-electron chi connectivity index (χ2n) is 6.59. The van der Waals surface area contributed by atoms with E-state index in [-0.39, 0.29) is 6.04 Å². The lowest BCUT2D eigenvalue weighted by Crippen LogP contribution is -2.32. The number of anilines is 1. The highest BCUT2D eigenvalue weighted by molar-refractivity contribution is 5.55. The Bertz CT molecular complexity index is 412. The first-order valence-corrected chi connectivity index (χ1v) is 7.93. The molecule has 0 amide bonds. The first-order chi connectivity index (χ1) is 9.35. The maximum atomic E-state index is 6.16. The molecule has 0 spiro atoms. The minimum Gasteiger partial charge on any atom is -0.372 e. The van der Waals surface area contributed by atoms with Gasteiger partial charge in [-0.25, -0.2) is 0 Å². The van der Waals surface area contributed by atoms with Gasteiger partial charge in [0, 0.05) is 24.8 Å². The van der Waals surface area contributed by atoms with E-state index in [0.29, 0.717) is 6.04 Å². The fraction of sp³-hybridized carbons (Fsp3) is 0.667. The van der Waals surface area contributed by atoms with Crippen molar-refractivity contribution in [1.82, 2.24) is 0 Å². The van der Waals surface area contributed by atoms with Crippen molar-refractivity contribution in [2.45, 2.75) is 66.0 Å². The van der Waals surface area contributed by atoms with Crippen LogP contribution >= 0.6 is 0 Å². The van der Waals surface area contributed by atoms with Gasteiger partial charge in [0.25, 0.3) is 0 Å². The molecule has 1 aromatic carbocycles. The molecule has 0 bridgehead atoms. The van der Waals surface area contributed by atoms with Crippen LogP contribution in [0, 0.1) is 12.8 Å². The monoisotopic (exact) mass is 276 g/mol. The fourth-order valence-electron chi connectivity index (χ4n) is 2.73. The molecular weight excluding hydrogens is 244 g/mol. The van der Waals surface area contributed by atoms with Gasteiger partial charge in [-0.1, -0.05) is 38.5 Å². The molecule has 2 heteroatoms. The second-order valence-corrected chi connectivity index (χ2v) is 6.59. The van der Waals surface area contributed by atoms with Crippen LogP contribution in [0.15, 0.2) is 18.2 Å². The summed E-state index contributed by atoms with van der Waals surface area (Å²) in [5, 5.41) is 0. The highest BCUT2D eigenvalue weighted by Crippen LogP contribution is 2.26. The largest absolute Gasteiger partial charge is 0.372 e. The molecule has 2 atom stereocenters. The van der Waals surface area contributed by atoms with Crippen LogP contribution in [0.1, 0.15) is 51.7 Å². The number of nitrogens with two attached hydrogens (primary N) is 1. The summed E-state index contributed by atoms with van der Waals surface area (Å²) in [4.78, 5) is 2.41. The zero-order valence-electron chi connectivity index (χ0n) is 14.1. The van der Waals surface area contributed by atoms with Gasteiger partial charge in [0.1, 0.15) is 0 Å². The van der Waals surface area contributed by atoms with Crippen LogP contribution in [0.2, 0.25) is 0 Å². The minimum absolute atomic E-state index is 0.254. The molecule has 114 valence electrons. The molecular formula is C18H32N2. The Labute approximate surface area is 125 Å². The first-order valence-electron chi connectivity index (χ1n) is 7.93. The van der Waals surface area contributed by atoms with Crippen LogP contribution in [0.25, 0.3) is 0 Å². The third-order valence-electron chi connectivity index (χ3n) is 4.10. The highest BCUT2D eigenvalue weighted by atomic mass is 15.1. The molecule has 0 aliphatic rings. The van der Waals surface area contributed by atoms with E-state index >= 15 is 0 Å². The molecule has 0 aliphatic heterocycles. The predicted octanol–water partition coefficient (Wildman–Crippen LogP) is 4.15. The van der Waals surface area contributed by atoms with Gasteiger partial charge < -0.3 is 10.6 Å². The standard InChI is InChI=1S/C18H32N2/c1-7-17(19)12-16-11-14(4)8-9-18(16)20(6)15(5)10-13(2)3/h8-9,11,13,15,17H,7,10,12,19H2,1-6H3. The zero-order chi connectivity index (χ0) is 15.3. The van der Waals surface area contributed by atoms with E-state index < -0.39 is 0 Å². The van der Waals surface area contributed by atoms with E-state index in [1.807, 2.05) is 0 Å². The third-order valence-corrected chi connectivity index (χ3v) is 4.10. The zero-order valence-corrected chi connectivity index (χ0v) is 14.1. The number of rotatable bonds is 7. The SMILES string of the molecule is CCC(N)Cc1cc(C)ccc1N(C)C(C)CC(C)C. The maximum absolute atomic E-state index is 6.16.